The first-order valence-corrected chi connectivity index (χ1v) is 19.3. The third kappa shape index (κ3) is 6.97. The summed E-state index contributed by atoms with van der Waals surface area (Å²) in [5, 5.41) is 15.6. The first-order valence-electron chi connectivity index (χ1n) is 18.5. The first kappa shape index (κ1) is 36.2. The minimum Gasteiger partial charge on any atom is -0.473 e. The van der Waals surface area contributed by atoms with Crippen molar-refractivity contribution in [3.8, 4) is 23.5 Å². The van der Waals surface area contributed by atoms with E-state index in [2.05, 4.69) is 46.9 Å². The van der Waals surface area contributed by atoms with Crippen LogP contribution in [0, 0.1) is 11.3 Å². The quantitative estimate of drug-likeness (QED) is 0.189. The summed E-state index contributed by atoms with van der Waals surface area (Å²) < 4.78 is 18.5. The van der Waals surface area contributed by atoms with Gasteiger partial charge >= 0.3 is 6.09 Å². The summed E-state index contributed by atoms with van der Waals surface area (Å²) in [6, 6.07) is 6.59. The zero-order valence-electron chi connectivity index (χ0n) is 31.7. The summed E-state index contributed by atoms with van der Waals surface area (Å²) in [6.45, 7) is 12.8. The Kier molecular flexibility index (Phi) is 9.48. The van der Waals surface area contributed by atoms with Gasteiger partial charge in [-0.15, -0.1) is 11.3 Å². The number of aryl methyl sites for hydroxylation is 1. The van der Waals surface area contributed by atoms with Crippen molar-refractivity contribution >= 4 is 34.6 Å². The van der Waals surface area contributed by atoms with E-state index >= 15 is 0 Å². The molecule has 13 nitrogen and oxygen atoms in total. The minimum absolute atomic E-state index is 0.0818. The Morgan fingerprint density at radius 1 is 1.19 bits per heavy atom. The summed E-state index contributed by atoms with van der Waals surface area (Å²) in [5.74, 6) is 2.29. The highest BCUT2D eigenvalue weighted by Crippen LogP contribution is 2.51. The van der Waals surface area contributed by atoms with Crippen molar-refractivity contribution in [1.82, 2.24) is 29.8 Å². The molecule has 2 aliphatic heterocycles. The number of likely N-dealkylation sites (N-methyl/N-ethyl adjacent to an activating group) is 1. The largest absolute Gasteiger partial charge is 0.473 e. The fraction of sp³-hybridized carbons (Fsp3) is 0.632. The molecule has 3 atom stereocenters. The molecular weight excluding hydrogens is 679 g/mol. The number of ether oxygens (including phenoxy) is 2. The van der Waals surface area contributed by atoms with E-state index in [0.29, 0.717) is 59.4 Å². The third-order valence-corrected chi connectivity index (χ3v) is 12.1. The molecule has 2 saturated heterocycles. The second-order valence-electron chi connectivity index (χ2n) is 16.3. The topological polar surface area (TPSA) is 136 Å². The van der Waals surface area contributed by atoms with Crippen LogP contribution in [0.25, 0.3) is 11.5 Å². The number of piperazine rings is 1. The van der Waals surface area contributed by atoms with Gasteiger partial charge in [-0.25, -0.2) is 14.8 Å². The van der Waals surface area contributed by atoms with E-state index in [1.165, 1.54) is 0 Å². The molecule has 0 aromatic carbocycles. The highest BCUT2D eigenvalue weighted by molar-refractivity contribution is 7.16. The van der Waals surface area contributed by atoms with Gasteiger partial charge in [-0.3, -0.25) is 9.80 Å². The summed E-state index contributed by atoms with van der Waals surface area (Å²) in [7, 11) is 5.97. The Labute approximate surface area is 310 Å². The second-order valence-corrected chi connectivity index (χ2v) is 17.4. The Hall–Kier alpha value is -4.22. The summed E-state index contributed by atoms with van der Waals surface area (Å²) in [6.07, 6.45) is 8.09. The number of carbonyl (C=O) groups excluding carboxylic acids is 1. The molecule has 1 amide bonds. The zero-order chi connectivity index (χ0) is 37.0. The Morgan fingerprint density at radius 3 is 2.65 bits per heavy atom. The number of hydrogen-bond donors (Lipinski definition) is 0. The number of nitrogens with zero attached hydrogens (tertiary/aromatic N) is 9. The van der Waals surface area contributed by atoms with Crippen LogP contribution in [0.4, 0.5) is 15.6 Å². The van der Waals surface area contributed by atoms with Crippen LogP contribution in [-0.4, -0.2) is 113 Å². The van der Waals surface area contributed by atoms with Gasteiger partial charge in [-0.05, 0) is 98.7 Å². The van der Waals surface area contributed by atoms with Crippen molar-refractivity contribution in [2.24, 2.45) is 4.99 Å². The van der Waals surface area contributed by atoms with E-state index in [1.54, 1.807) is 17.7 Å². The number of hydrogen-bond acceptors (Lipinski definition) is 12. The van der Waals surface area contributed by atoms with Gasteiger partial charge < -0.3 is 23.8 Å². The Balaban J connectivity index is 1.22. The fourth-order valence-electron chi connectivity index (χ4n) is 8.10. The number of aromatic nitrogens is 3. The van der Waals surface area contributed by atoms with Gasteiger partial charge in [0.1, 0.15) is 34.4 Å². The molecule has 14 heteroatoms. The molecule has 0 N–H and O–H groups in total. The fourth-order valence-corrected chi connectivity index (χ4v) is 9.36. The maximum atomic E-state index is 13.2. The van der Waals surface area contributed by atoms with Crippen molar-refractivity contribution in [2.75, 3.05) is 52.2 Å². The number of aliphatic imine (C=N–C) groups is 1. The number of thiophene rings is 1. The number of amides is 1. The van der Waals surface area contributed by atoms with Crippen molar-refractivity contribution < 1.29 is 18.8 Å². The predicted octanol–water partition coefficient (Wildman–Crippen LogP) is 6.38. The van der Waals surface area contributed by atoms with Gasteiger partial charge in [0.15, 0.2) is 11.5 Å². The van der Waals surface area contributed by atoms with E-state index in [4.69, 9.17) is 24.0 Å². The van der Waals surface area contributed by atoms with Crippen molar-refractivity contribution in [1.29, 1.82) is 5.26 Å². The number of nitriles is 1. The van der Waals surface area contributed by atoms with Gasteiger partial charge in [-0.1, -0.05) is 5.16 Å². The van der Waals surface area contributed by atoms with Crippen LogP contribution in [0.2, 0.25) is 0 Å². The van der Waals surface area contributed by atoms with E-state index < -0.39 is 11.0 Å². The molecule has 5 heterocycles. The van der Waals surface area contributed by atoms with Crippen LogP contribution in [0.1, 0.15) is 94.9 Å². The molecule has 2 aliphatic carbocycles. The lowest BCUT2D eigenvalue weighted by atomic mass is 9.71. The summed E-state index contributed by atoms with van der Waals surface area (Å²) in [4.78, 5) is 37.3. The lowest BCUT2D eigenvalue weighted by molar-refractivity contribution is 0.0106. The molecule has 52 heavy (non-hydrogen) atoms. The molecule has 0 unspecified atom stereocenters. The smallest absolute Gasteiger partial charge is 0.410 e. The van der Waals surface area contributed by atoms with Gasteiger partial charge in [-0.2, -0.15) is 10.2 Å². The monoisotopic (exact) mass is 729 g/mol. The average molecular weight is 730 g/mol. The molecule has 0 bridgehead atoms. The highest BCUT2D eigenvalue weighted by Gasteiger charge is 2.54. The highest BCUT2D eigenvalue weighted by atomic mass is 32.1. The predicted molar refractivity (Wildman–Crippen MR) is 201 cm³/mol. The summed E-state index contributed by atoms with van der Waals surface area (Å²) in [5.41, 5.74) is 0.671. The van der Waals surface area contributed by atoms with Crippen molar-refractivity contribution in [3.63, 3.8) is 0 Å². The molecule has 0 radical (unpaired) electrons. The molecule has 3 aromatic rings. The van der Waals surface area contributed by atoms with E-state index in [-0.39, 0.29) is 17.7 Å². The molecule has 1 spiro atoms. The molecular formula is C38H51N9O4S. The van der Waals surface area contributed by atoms with E-state index in [0.717, 1.165) is 67.7 Å². The normalized spacial score (nSPS) is 23.5. The minimum atomic E-state index is -0.568. The van der Waals surface area contributed by atoms with E-state index in [1.807, 2.05) is 56.8 Å². The average Bonchev–Trinajstić information content (AvgIpc) is 3.44. The van der Waals surface area contributed by atoms with E-state index in [9.17, 15) is 10.1 Å². The van der Waals surface area contributed by atoms with Crippen LogP contribution in [0.15, 0.2) is 21.6 Å². The van der Waals surface area contributed by atoms with Gasteiger partial charge in [0.05, 0.1) is 22.9 Å². The number of likely N-dealkylation sites (tertiary alicyclic amines) is 1. The molecule has 4 aliphatic rings. The van der Waals surface area contributed by atoms with Gasteiger partial charge in [0, 0.05) is 56.8 Å². The maximum absolute atomic E-state index is 13.2. The standard InChI is InChI=1S/C38H51N9O4S/c1-24(27-11-10-16-45(27)8)49-31-20-30(46-17-18-47(38(22-46)14-15-38)35(48)50-36(2,3)4)41-33(42-31)26-19-29(51-43-26)37(5)13-9-12-28-32(37)25(21-39)34(52-28)40-23-44(6)7/h19-20,23-24,27H,9-18,22H2,1-8H3/t24-,27-,37+/m0/s1. The Morgan fingerprint density at radius 2 is 1.98 bits per heavy atom. The van der Waals surface area contributed by atoms with Crippen LogP contribution in [0.3, 0.4) is 0 Å². The Bertz CT molecular complexity index is 1890. The lowest BCUT2D eigenvalue weighted by Crippen LogP contribution is -2.58. The number of rotatable bonds is 8. The second kappa shape index (κ2) is 13.6. The number of fused-ring (bicyclic) bond motifs is 1. The van der Waals surface area contributed by atoms with Crippen molar-refractivity contribution in [2.45, 2.75) is 108 Å². The molecule has 3 fully saturated rings. The lowest BCUT2D eigenvalue weighted by Gasteiger charge is -2.42. The molecule has 278 valence electrons. The first-order chi connectivity index (χ1) is 24.7. The van der Waals surface area contributed by atoms with Crippen LogP contribution < -0.4 is 9.64 Å². The molecule has 7 rings (SSSR count). The zero-order valence-corrected chi connectivity index (χ0v) is 32.5. The molecule has 3 aromatic heterocycles. The van der Waals surface area contributed by atoms with Crippen LogP contribution in [0.5, 0.6) is 5.88 Å². The third-order valence-electron chi connectivity index (χ3n) is 10.9. The molecule has 1 saturated carbocycles. The van der Waals surface area contributed by atoms with Gasteiger partial charge in [0.2, 0.25) is 5.88 Å². The maximum Gasteiger partial charge on any atom is 0.410 e. The van der Waals surface area contributed by atoms with Crippen molar-refractivity contribution in [3.05, 3.63) is 33.9 Å². The summed E-state index contributed by atoms with van der Waals surface area (Å²) >= 11 is 1.58. The number of anilines is 1. The van der Waals surface area contributed by atoms with Crippen LogP contribution >= 0.6 is 11.3 Å². The van der Waals surface area contributed by atoms with Crippen LogP contribution in [-0.2, 0) is 16.6 Å². The number of carbonyl (C=O) groups is 1. The van der Waals surface area contributed by atoms with Gasteiger partial charge in [0.25, 0.3) is 0 Å². The SMILES string of the molecule is C[C@H](Oc1cc(N2CCN(C(=O)OC(C)(C)C)C3(CC3)C2)nc(-c2cc([C@@]3(C)CCCc4sc(N=CN(C)C)c(C#N)c43)on2)n1)[C@@H]1CCCN1C.